The molecule has 0 aromatic heterocycles. The number of carboxylic acid groups (broad SMARTS) is 1. The number of carbonyl (C=O) groups excluding carboxylic acids is 14. The van der Waals surface area contributed by atoms with Crippen LogP contribution in [0.3, 0.4) is 0 Å². The number of aromatic carboxylic acids is 1. The van der Waals surface area contributed by atoms with E-state index in [0.29, 0.717) is 33.6 Å². The lowest BCUT2D eigenvalue weighted by Gasteiger charge is -2.22. The number of alkyl halides is 9. The third kappa shape index (κ3) is 20.1. The summed E-state index contributed by atoms with van der Waals surface area (Å²) in [4.78, 5) is 178. The van der Waals surface area contributed by atoms with Gasteiger partial charge in [0.25, 0.3) is 23.6 Å². The van der Waals surface area contributed by atoms with Crippen molar-refractivity contribution in [2.75, 3.05) is 23.4 Å². The van der Waals surface area contributed by atoms with Crippen molar-refractivity contribution in [1.82, 2.24) is 4.90 Å². The third-order valence-electron chi connectivity index (χ3n) is 21.2. The number of anilines is 3. The van der Waals surface area contributed by atoms with Crippen LogP contribution in [0.2, 0.25) is 0 Å². The number of esters is 4. The smallest absolute Gasteiger partial charge is 0.399 e. The van der Waals surface area contributed by atoms with Gasteiger partial charge >= 0.3 is 54.5 Å². The summed E-state index contributed by atoms with van der Waals surface area (Å²) in [6.45, 7) is 5.25. The number of halogens is 9. The molecule has 0 fully saturated rings. The number of ether oxygens (including phenoxy) is 2. The van der Waals surface area contributed by atoms with Gasteiger partial charge < -0.3 is 26.0 Å². The standard InChI is InChI=1S/C33H21F3N2O5.C33H27F3O4.C17H6O7.C14H13F3N2.CO2/c1-17-3-5-18(6-4-17)27(33(34,35)36)19-7-11-22(12-8-19)38-31(42)24-14-10-21(16-26(24)32(38)43)28(39)20-9-13-23-25(15-20)30(41)37(2)29(23)40;1-3-29(37)27-17-16-26(19-28(27)32(39)40)22-12-14-23(15-13-22)30(38)18-21-6-10-25(11-7-21)31(33(34,35)36)24-8-4-20(2)5-9-24;18-13(7-1-3-9-11(5-7)16(21)23-14(9)19)8-2-4-10-12(6-8)17(22)24-15(10)20;15-14(16,17)13(9-1-5-11(18)6-2-9)10-3-7-12(19)8-4-10;2-1-3/h3-16,27H,1-2H3;4-17,19,31H,3,18H2,1-2H3,(H,39,40);1-6H;1-8,13H,18-19H2;. The summed E-state index contributed by atoms with van der Waals surface area (Å²) >= 11 is 0. The highest BCUT2D eigenvalue weighted by Crippen LogP contribution is 2.45. The van der Waals surface area contributed by atoms with E-state index < -0.39 is 101 Å². The number of fused-ring (bicyclic) bond motifs is 4. The number of rotatable bonds is 18. The molecule has 0 bridgehead atoms. The average Bonchev–Trinajstić information content (AvgIpc) is 1.39. The van der Waals surface area contributed by atoms with Crippen LogP contribution in [-0.2, 0) is 25.5 Å². The maximum Gasteiger partial charge on any atom is 0.399 e. The molecule has 2 atom stereocenters. The van der Waals surface area contributed by atoms with Crippen LogP contribution < -0.4 is 16.4 Å². The molecule has 650 valence electrons. The normalized spacial score (nSPS) is 13.4. The molecule has 5 N–H and O–H groups in total. The number of imide groups is 2. The van der Waals surface area contributed by atoms with Crippen molar-refractivity contribution in [2.45, 2.75) is 69.9 Å². The van der Waals surface area contributed by atoms with Gasteiger partial charge in [-0.3, -0.25) is 43.3 Å². The summed E-state index contributed by atoms with van der Waals surface area (Å²) in [5.41, 5.74) is 17.6. The Labute approximate surface area is 726 Å². The van der Waals surface area contributed by atoms with Crippen LogP contribution in [0, 0.1) is 13.8 Å². The number of aryl methyl sites for hydroxylation is 2. The van der Waals surface area contributed by atoms with Crippen LogP contribution >= 0.6 is 0 Å². The maximum absolute atomic E-state index is 14.1. The Morgan fingerprint density at radius 1 is 0.364 bits per heavy atom. The molecule has 0 saturated carbocycles. The topological polar surface area (TPSA) is 353 Å². The second kappa shape index (κ2) is 37.6. The quantitative estimate of drug-likeness (QED) is 0.0179. The highest BCUT2D eigenvalue weighted by molar-refractivity contribution is 6.35. The van der Waals surface area contributed by atoms with E-state index in [1.54, 1.807) is 80.6 Å². The fourth-order valence-corrected chi connectivity index (χ4v) is 14.6. The predicted octanol–water partition coefficient (Wildman–Crippen LogP) is 18.5. The molecule has 31 heteroatoms. The van der Waals surface area contributed by atoms with E-state index in [9.17, 15) is 107 Å². The monoisotopic (exact) mass is 1760 g/mol. The highest BCUT2D eigenvalue weighted by Gasteiger charge is 2.46. The first-order valence-electron chi connectivity index (χ1n) is 38.8. The molecule has 129 heavy (non-hydrogen) atoms. The first-order chi connectivity index (χ1) is 61.1. The first kappa shape index (κ1) is 91.9. The largest absolute Gasteiger partial charge is 0.478 e. The fourth-order valence-electron chi connectivity index (χ4n) is 14.6. The van der Waals surface area contributed by atoms with Crippen molar-refractivity contribution in [3.05, 3.63) is 394 Å². The zero-order chi connectivity index (χ0) is 93.6. The van der Waals surface area contributed by atoms with E-state index in [0.717, 1.165) is 20.9 Å². The van der Waals surface area contributed by atoms with Gasteiger partial charge in [0.1, 0.15) is 17.8 Å². The first-order valence-corrected chi connectivity index (χ1v) is 38.8. The molecule has 16 rings (SSSR count). The van der Waals surface area contributed by atoms with E-state index in [4.69, 9.17) is 21.1 Å². The number of nitrogen functional groups attached to an aromatic ring is 2. The number of carbonyl (C=O) groups is 13. The lowest BCUT2D eigenvalue weighted by Crippen LogP contribution is -2.29. The molecular formula is C98H67F9N4O18. The van der Waals surface area contributed by atoms with Crippen LogP contribution in [0.5, 0.6) is 0 Å². The van der Waals surface area contributed by atoms with Crippen LogP contribution in [0.25, 0.3) is 11.1 Å². The van der Waals surface area contributed by atoms with E-state index >= 15 is 0 Å². The average molecular weight is 1760 g/mol. The maximum atomic E-state index is 14.1. The summed E-state index contributed by atoms with van der Waals surface area (Å²) < 4.78 is 133. The summed E-state index contributed by atoms with van der Waals surface area (Å²) in [5.74, 6) is -13.6. The van der Waals surface area contributed by atoms with Gasteiger partial charge in [0.05, 0.1) is 55.8 Å². The Hall–Kier alpha value is -16.3. The SMILES string of the molecule is CCC(=O)c1ccc(-c2ccc(C(=O)Cc3ccc(C(c4ccc(C)cc4)C(F)(F)F)cc3)cc2)cc1C(=O)O.Cc1ccc(C(c2ccc(N3C(=O)c4ccc(C(=O)c5ccc6c(c5)C(=O)N(C)C6=O)cc4C3=O)cc2)C(F)(F)F)cc1.Nc1ccc(C(c2ccc(N)cc2)C(F)(F)F)cc1.O=C(c1ccc2c(c1)C(=O)OC2=O)c1ccc2c(c1)C(=O)OC2=O.O=C=O. The van der Waals surface area contributed by atoms with Gasteiger partial charge in [-0.1, -0.05) is 182 Å². The summed E-state index contributed by atoms with van der Waals surface area (Å²) in [5, 5.41) is 9.54. The molecule has 4 amide bonds. The van der Waals surface area contributed by atoms with E-state index in [1.807, 2.05) is 6.92 Å². The number of cyclic esters (lactones) is 4. The Balaban J connectivity index is 0.000000161. The second-order valence-corrected chi connectivity index (χ2v) is 29.7. The molecular weight excluding hydrogens is 1690 g/mol. The van der Waals surface area contributed by atoms with E-state index in [2.05, 4.69) is 9.47 Å². The summed E-state index contributed by atoms with van der Waals surface area (Å²) in [6, 6.07) is 62.0. The molecule has 12 aromatic carbocycles. The number of amides is 4. The Morgan fingerprint density at radius 3 is 1.05 bits per heavy atom. The molecule has 2 unspecified atom stereocenters. The van der Waals surface area contributed by atoms with Crippen LogP contribution in [0.4, 0.5) is 56.6 Å². The molecule has 4 heterocycles. The molecule has 0 spiro atoms. The lowest BCUT2D eigenvalue weighted by molar-refractivity contribution is -0.192. The van der Waals surface area contributed by atoms with Crippen LogP contribution in [-0.4, -0.2) is 118 Å². The Morgan fingerprint density at radius 2 is 0.674 bits per heavy atom. The third-order valence-corrected chi connectivity index (χ3v) is 21.2. The van der Waals surface area contributed by atoms with Crippen molar-refractivity contribution in [2.24, 2.45) is 0 Å². The van der Waals surface area contributed by atoms with Gasteiger partial charge in [-0.2, -0.15) is 49.1 Å². The van der Waals surface area contributed by atoms with E-state index in [-0.39, 0.29) is 148 Å². The number of hydrogen-bond donors (Lipinski definition) is 3. The number of nitrogens with zero attached hydrogens (tertiary/aromatic N) is 2. The fraction of sp³-hybridized carbons (Fsp3) is 0.122. The van der Waals surface area contributed by atoms with E-state index in [1.165, 1.54) is 201 Å². The predicted molar refractivity (Wildman–Crippen MR) is 447 cm³/mol. The molecule has 12 aromatic rings. The number of Topliss-reactive ketones (excluding diaryl/α,β-unsaturated/α-hetero) is 2. The van der Waals surface area contributed by atoms with Gasteiger partial charge in [0, 0.05) is 64.6 Å². The van der Waals surface area contributed by atoms with Crippen molar-refractivity contribution >= 4 is 99.8 Å². The number of nitrogens with two attached hydrogens (primary N) is 2. The van der Waals surface area contributed by atoms with Crippen LogP contribution in [0.1, 0.15) is 227 Å². The van der Waals surface area contributed by atoms with Crippen molar-refractivity contribution in [3.63, 3.8) is 0 Å². The van der Waals surface area contributed by atoms with Gasteiger partial charge in [-0.15, -0.1) is 0 Å². The highest BCUT2D eigenvalue weighted by atomic mass is 19.4. The second-order valence-electron chi connectivity index (χ2n) is 29.7. The number of hydrogen-bond acceptors (Lipinski definition) is 19. The Bertz CT molecular complexity index is 6460. The molecule has 4 aliphatic rings. The number of ketones is 4. The summed E-state index contributed by atoms with van der Waals surface area (Å²) in [7, 11) is 1.34. The summed E-state index contributed by atoms with van der Waals surface area (Å²) in [6.07, 6.45) is -13.0. The minimum absolute atomic E-state index is 0.0117. The van der Waals surface area contributed by atoms with Gasteiger partial charge in [0.15, 0.2) is 23.1 Å². The zero-order valence-corrected chi connectivity index (χ0v) is 67.8. The molecule has 0 saturated heterocycles. The number of benzene rings is 12. The van der Waals surface area contributed by atoms with Crippen molar-refractivity contribution in [3.8, 4) is 11.1 Å². The van der Waals surface area contributed by atoms with Gasteiger partial charge in [0.2, 0.25) is 0 Å². The Kier molecular flexibility index (Phi) is 26.8. The van der Waals surface area contributed by atoms with Crippen molar-refractivity contribution < 1.29 is 126 Å². The van der Waals surface area contributed by atoms with Crippen molar-refractivity contribution in [1.29, 1.82) is 0 Å². The van der Waals surface area contributed by atoms with Gasteiger partial charge in [-0.25, -0.2) is 28.9 Å². The van der Waals surface area contributed by atoms with Gasteiger partial charge in [-0.05, 0) is 161 Å². The zero-order valence-electron chi connectivity index (χ0n) is 67.8. The minimum atomic E-state index is -4.58. The lowest BCUT2D eigenvalue weighted by atomic mass is 9.89. The molecule has 0 aliphatic carbocycles. The van der Waals surface area contributed by atoms with Crippen LogP contribution in [0.15, 0.2) is 261 Å². The molecule has 22 nitrogen and oxygen atoms in total. The molecule has 4 aliphatic heterocycles. The number of carboxylic acids is 1. The molecule has 0 radical (unpaired) electrons. The minimum Gasteiger partial charge on any atom is -0.478 e.